The molecule has 1 unspecified atom stereocenters. The van der Waals surface area contributed by atoms with Crippen molar-refractivity contribution < 1.29 is 9.47 Å². The molecule has 1 atom stereocenters. The maximum absolute atomic E-state index is 6.11. The van der Waals surface area contributed by atoms with Crippen LogP contribution in [0.25, 0.3) is 0 Å². The smallest absolute Gasteiger partial charge is 0.0805 e. The summed E-state index contributed by atoms with van der Waals surface area (Å²) in [5.74, 6) is 0. The summed E-state index contributed by atoms with van der Waals surface area (Å²) in [6, 6.07) is 0. The molecule has 0 aromatic rings. The molecule has 0 radical (unpaired) electrons. The van der Waals surface area contributed by atoms with Crippen LogP contribution in [-0.4, -0.2) is 25.9 Å². The molecule has 0 bridgehead atoms. The lowest BCUT2D eigenvalue weighted by Crippen LogP contribution is -2.20. The molecule has 0 rings (SSSR count). The Bertz CT molecular complexity index is 554. The van der Waals surface area contributed by atoms with Crippen LogP contribution in [0.5, 0.6) is 0 Å². The molecule has 0 amide bonds. The molecule has 2 heteroatoms. The molecule has 0 aromatic heterocycles. The van der Waals surface area contributed by atoms with Crippen LogP contribution in [0.2, 0.25) is 0 Å². The van der Waals surface area contributed by atoms with Crippen molar-refractivity contribution in [2.24, 2.45) is 0 Å². The predicted octanol–water partition coefficient (Wildman–Crippen LogP) is 15.7. The van der Waals surface area contributed by atoms with Gasteiger partial charge in [0.1, 0.15) is 0 Å². The van der Waals surface area contributed by atoms with Gasteiger partial charge in [0.2, 0.25) is 0 Å². The third kappa shape index (κ3) is 45.5. The molecule has 0 saturated heterocycles. The normalized spacial score (nSPS) is 12.3. The van der Waals surface area contributed by atoms with Crippen LogP contribution in [0.15, 0.2) is 24.3 Å². The Hall–Kier alpha value is -0.600. The summed E-state index contributed by atoms with van der Waals surface area (Å²) in [5, 5.41) is 0. The average molecular weight is 649 g/mol. The highest BCUT2D eigenvalue weighted by Crippen LogP contribution is 2.13. The van der Waals surface area contributed by atoms with E-state index < -0.39 is 0 Å². The zero-order valence-electron chi connectivity index (χ0n) is 32.7. The second-order valence-corrected chi connectivity index (χ2v) is 13.9. The Labute approximate surface area is 292 Å². The van der Waals surface area contributed by atoms with Gasteiger partial charge >= 0.3 is 0 Å². The zero-order valence-corrected chi connectivity index (χ0v) is 32.7. The van der Waals surface area contributed by atoms with E-state index >= 15 is 0 Å². The van der Waals surface area contributed by atoms with E-state index in [1.807, 2.05) is 0 Å². The van der Waals surface area contributed by atoms with Crippen LogP contribution < -0.4 is 0 Å². The molecule has 2 nitrogen and oxygen atoms in total. The van der Waals surface area contributed by atoms with Crippen molar-refractivity contribution in [2.75, 3.05) is 19.8 Å². The quantitative estimate of drug-likeness (QED) is 0.0493. The van der Waals surface area contributed by atoms with Crippen LogP contribution in [0, 0.1) is 0 Å². The molecule has 0 N–H and O–H groups in total. The van der Waals surface area contributed by atoms with Crippen molar-refractivity contribution >= 4 is 0 Å². The molecule has 0 aliphatic rings. The van der Waals surface area contributed by atoms with Crippen LogP contribution in [-0.2, 0) is 9.47 Å². The highest BCUT2D eigenvalue weighted by molar-refractivity contribution is 4.82. The van der Waals surface area contributed by atoms with E-state index in [1.165, 1.54) is 193 Å². The maximum Gasteiger partial charge on any atom is 0.0805 e. The Balaban J connectivity index is 0. The van der Waals surface area contributed by atoms with E-state index in [0.29, 0.717) is 0 Å². The molecular formula is C44H88O2. The molecule has 0 fully saturated rings. The van der Waals surface area contributed by atoms with Gasteiger partial charge in [0.05, 0.1) is 12.7 Å². The van der Waals surface area contributed by atoms with Crippen LogP contribution in [0.1, 0.15) is 234 Å². The van der Waals surface area contributed by atoms with Crippen molar-refractivity contribution in [1.29, 1.82) is 0 Å². The van der Waals surface area contributed by atoms with E-state index in [4.69, 9.17) is 9.47 Å². The van der Waals surface area contributed by atoms with Crippen molar-refractivity contribution in [3.8, 4) is 0 Å². The fourth-order valence-electron chi connectivity index (χ4n) is 5.73. The van der Waals surface area contributed by atoms with E-state index in [0.717, 1.165) is 26.2 Å². The minimum atomic E-state index is 0.281. The molecule has 0 aliphatic heterocycles. The number of rotatable bonds is 37. The molecule has 0 saturated carbocycles. The topological polar surface area (TPSA) is 18.5 Å². The molecule has 0 spiro atoms. The fraction of sp³-hybridized carbons (Fsp3) is 0.909. The number of allylic oxidation sites excluding steroid dienone is 4. The van der Waals surface area contributed by atoms with Gasteiger partial charge in [0.25, 0.3) is 0 Å². The van der Waals surface area contributed by atoms with Crippen LogP contribution >= 0.6 is 0 Å². The lowest BCUT2D eigenvalue weighted by atomic mass is 10.1. The summed E-state index contributed by atoms with van der Waals surface area (Å²) < 4.78 is 12.1. The van der Waals surface area contributed by atoms with Gasteiger partial charge in [-0.05, 0) is 70.6 Å². The summed E-state index contributed by atoms with van der Waals surface area (Å²) in [6.07, 6.45) is 51.6. The summed E-state index contributed by atoms with van der Waals surface area (Å²) in [5.41, 5.74) is 0. The predicted molar refractivity (Wildman–Crippen MR) is 210 cm³/mol. The van der Waals surface area contributed by atoms with E-state index in [9.17, 15) is 0 Å². The second-order valence-electron chi connectivity index (χ2n) is 13.9. The monoisotopic (exact) mass is 649 g/mol. The minimum absolute atomic E-state index is 0.281. The van der Waals surface area contributed by atoms with E-state index in [1.54, 1.807) is 0 Å². The highest BCUT2D eigenvalue weighted by Gasteiger charge is 2.06. The van der Waals surface area contributed by atoms with Gasteiger partial charge in [-0.15, -0.1) is 0 Å². The lowest BCUT2D eigenvalue weighted by Gasteiger charge is -2.16. The first kappa shape index (κ1) is 47.5. The fourth-order valence-corrected chi connectivity index (χ4v) is 5.73. The first-order valence-electron chi connectivity index (χ1n) is 21.3. The Morgan fingerprint density at radius 1 is 0.370 bits per heavy atom. The van der Waals surface area contributed by atoms with Crippen molar-refractivity contribution in [3.63, 3.8) is 0 Å². The molecule has 276 valence electrons. The number of hydrogen-bond acceptors (Lipinski definition) is 2. The highest BCUT2D eigenvalue weighted by atomic mass is 16.5. The molecule has 0 aliphatic carbocycles. The minimum Gasteiger partial charge on any atom is -0.379 e. The maximum atomic E-state index is 6.11. The van der Waals surface area contributed by atoms with Gasteiger partial charge in [-0.3, -0.25) is 0 Å². The van der Waals surface area contributed by atoms with Gasteiger partial charge < -0.3 is 9.47 Å². The van der Waals surface area contributed by atoms with Crippen molar-refractivity contribution in [2.45, 2.75) is 240 Å². The summed E-state index contributed by atoms with van der Waals surface area (Å²) in [4.78, 5) is 0. The SMILES string of the molecule is CCC.CCCCCCCC/C=C\CCCCCCCCCOCC(CC)OCCCCCCCC/C=C\CCCCCCCC. The number of hydrogen-bond donors (Lipinski definition) is 0. The third-order valence-electron chi connectivity index (χ3n) is 8.82. The first-order chi connectivity index (χ1) is 22.8. The summed E-state index contributed by atoms with van der Waals surface area (Å²) in [6.45, 7) is 13.6. The van der Waals surface area contributed by atoms with Crippen molar-refractivity contribution in [3.05, 3.63) is 24.3 Å². The molecule has 0 heterocycles. The van der Waals surface area contributed by atoms with Crippen molar-refractivity contribution in [1.82, 2.24) is 0 Å². The van der Waals surface area contributed by atoms with Gasteiger partial charge in [-0.2, -0.15) is 0 Å². The number of ether oxygens (including phenoxy) is 2. The Morgan fingerprint density at radius 3 is 1.02 bits per heavy atom. The summed E-state index contributed by atoms with van der Waals surface area (Å²) in [7, 11) is 0. The van der Waals surface area contributed by atoms with Crippen LogP contribution in [0.4, 0.5) is 0 Å². The number of unbranched alkanes of at least 4 members (excludes halogenated alkanes) is 25. The largest absolute Gasteiger partial charge is 0.379 e. The Morgan fingerprint density at radius 2 is 0.674 bits per heavy atom. The van der Waals surface area contributed by atoms with Gasteiger partial charge in [0, 0.05) is 13.2 Å². The zero-order chi connectivity index (χ0) is 33.9. The van der Waals surface area contributed by atoms with Crippen LogP contribution in [0.3, 0.4) is 0 Å². The first-order valence-corrected chi connectivity index (χ1v) is 21.3. The standard InChI is InChI=1S/C41H80O2.C3H8/c1-4-7-9-11-13-15-17-19-21-23-24-26-28-30-32-34-36-38-42-40-41(6-3)43-39-37-35-33-31-29-27-25-22-20-18-16-14-12-10-8-5-2;1-3-2/h19-22,41H,4-18,23-40H2,1-3H3;3H2,1-2H3/b21-19-,22-20-;. The summed E-state index contributed by atoms with van der Waals surface area (Å²) >= 11 is 0. The van der Waals surface area contributed by atoms with E-state index in [-0.39, 0.29) is 6.10 Å². The molecule has 0 aromatic carbocycles. The Kier molecular flexibility index (Phi) is 48.1. The van der Waals surface area contributed by atoms with Gasteiger partial charge in [0.15, 0.2) is 0 Å². The lowest BCUT2D eigenvalue weighted by molar-refractivity contribution is -0.0200. The van der Waals surface area contributed by atoms with Gasteiger partial charge in [-0.1, -0.05) is 187 Å². The van der Waals surface area contributed by atoms with E-state index in [2.05, 4.69) is 58.9 Å². The molecule has 46 heavy (non-hydrogen) atoms. The van der Waals surface area contributed by atoms with Gasteiger partial charge in [-0.25, -0.2) is 0 Å². The second kappa shape index (κ2) is 46.5. The molecular weight excluding hydrogens is 560 g/mol. The average Bonchev–Trinajstić information content (AvgIpc) is 3.06. The third-order valence-corrected chi connectivity index (χ3v) is 8.82.